The maximum atomic E-state index is 12.9. The number of nitrogen functional groups attached to an aromatic ring is 1. The molecule has 2 aliphatic heterocycles. The van der Waals surface area contributed by atoms with Crippen molar-refractivity contribution in [3.63, 3.8) is 0 Å². The van der Waals surface area contributed by atoms with Crippen LogP contribution in [0.1, 0.15) is 4.88 Å². The van der Waals surface area contributed by atoms with Gasteiger partial charge in [0.25, 0.3) is 11.8 Å². The largest absolute Gasteiger partial charge is 0.477 e. The lowest BCUT2D eigenvalue weighted by molar-refractivity contribution is -0.150. The number of nitrogens with zero attached hydrogens (tertiary/aromatic N) is 5. The van der Waals surface area contributed by atoms with E-state index in [4.69, 9.17) is 10.6 Å². The number of thiazole rings is 1. The van der Waals surface area contributed by atoms with E-state index < -0.39 is 40.3 Å². The van der Waals surface area contributed by atoms with Crippen LogP contribution in [0, 0.1) is 0 Å². The fraction of sp³-hybridized carbons (Fsp3) is 0.333. The van der Waals surface area contributed by atoms with E-state index in [2.05, 4.69) is 25.5 Å². The Bertz CT molecular complexity index is 1430. The molecule has 4 heterocycles. The number of rotatable bonds is 8. The van der Waals surface area contributed by atoms with Gasteiger partial charge in [-0.25, -0.2) is 9.78 Å². The summed E-state index contributed by atoms with van der Waals surface area (Å²) in [6.45, 7) is 0. The third kappa shape index (κ3) is 4.73. The number of carbonyl (C=O) groups is 3. The molecule has 0 unspecified atom stereocenters. The molecule has 0 spiro atoms. The minimum atomic E-state index is -1.31. The highest BCUT2D eigenvalue weighted by molar-refractivity contribution is 8.01. The molecule has 1 fully saturated rings. The van der Waals surface area contributed by atoms with Crippen LogP contribution in [0.2, 0.25) is 0 Å². The summed E-state index contributed by atoms with van der Waals surface area (Å²) >= 11 is 3.33. The number of H-pyrrole nitrogens is 1. The Hall–Kier alpha value is -3.64. The summed E-state index contributed by atoms with van der Waals surface area (Å²) in [5.41, 5.74) is 3.89. The average Bonchev–Trinajstić information content (AvgIpc) is 3.27. The van der Waals surface area contributed by atoms with Crippen LogP contribution in [-0.2, 0) is 26.3 Å². The molecule has 2 aromatic heterocycles. The van der Waals surface area contributed by atoms with Crippen molar-refractivity contribution in [2.24, 2.45) is 12.2 Å². The number of nitrogens with two attached hydrogens (primary N) is 1. The first-order valence-electron chi connectivity index (χ1n) is 9.96. The SMILES string of the molecule is CO/N=C(\C(=O)N[C@@H]1C(=O)N2C(C(=O)O)=C(CSc3nc(=O)c(=O)[nH]n3C)CS[C@H]12)c1cnc(N)s1. The highest BCUT2D eigenvalue weighted by atomic mass is 32.2. The van der Waals surface area contributed by atoms with E-state index in [0.717, 1.165) is 28.0 Å². The van der Waals surface area contributed by atoms with Crippen LogP contribution in [0.4, 0.5) is 5.13 Å². The Balaban J connectivity index is 1.51. The second-order valence-corrected chi connectivity index (χ2v) is 10.4. The summed E-state index contributed by atoms with van der Waals surface area (Å²) in [5.74, 6) is -2.26. The number of carbonyl (C=O) groups excluding carboxylic acids is 2. The van der Waals surface area contributed by atoms with Crippen LogP contribution in [0.5, 0.6) is 0 Å². The zero-order valence-corrected chi connectivity index (χ0v) is 21.0. The number of aryl methyl sites for hydroxylation is 1. The van der Waals surface area contributed by atoms with E-state index in [0.29, 0.717) is 10.5 Å². The van der Waals surface area contributed by atoms with Crippen molar-refractivity contribution < 1.29 is 24.3 Å². The van der Waals surface area contributed by atoms with Crippen LogP contribution in [0.15, 0.2) is 37.4 Å². The van der Waals surface area contributed by atoms with Gasteiger partial charge in [0.1, 0.15) is 24.2 Å². The number of amides is 2. The maximum Gasteiger partial charge on any atom is 0.352 e. The third-order valence-corrected chi connectivity index (χ3v) is 8.30. The smallest absolute Gasteiger partial charge is 0.352 e. The second kappa shape index (κ2) is 10.2. The summed E-state index contributed by atoms with van der Waals surface area (Å²) in [4.78, 5) is 74.5. The predicted molar refractivity (Wildman–Crippen MR) is 131 cm³/mol. The number of aromatic amines is 1. The molecule has 18 heteroatoms. The van der Waals surface area contributed by atoms with Gasteiger partial charge < -0.3 is 21.0 Å². The van der Waals surface area contributed by atoms with Crippen molar-refractivity contribution in [1.29, 1.82) is 0 Å². The molecule has 15 nitrogen and oxygen atoms in total. The number of carboxylic acid groups (broad SMARTS) is 1. The number of nitrogens with one attached hydrogen (secondary N) is 2. The quantitative estimate of drug-likeness (QED) is 0.0953. The number of oxime groups is 1. The van der Waals surface area contributed by atoms with Gasteiger partial charge in [-0.05, 0) is 5.57 Å². The normalized spacial score (nSPS) is 19.6. The Morgan fingerprint density at radius 3 is 2.81 bits per heavy atom. The molecule has 0 aliphatic carbocycles. The fourth-order valence-electron chi connectivity index (χ4n) is 3.43. The molecule has 2 aliphatic rings. The summed E-state index contributed by atoms with van der Waals surface area (Å²) in [5, 5.41) is 18.2. The highest BCUT2D eigenvalue weighted by Crippen LogP contribution is 2.41. The first-order chi connectivity index (χ1) is 17.1. The molecule has 36 heavy (non-hydrogen) atoms. The molecular formula is C18H18N8O7S3. The first kappa shape index (κ1) is 25.5. The lowest BCUT2D eigenvalue weighted by atomic mass is 10.0. The van der Waals surface area contributed by atoms with Crippen LogP contribution >= 0.6 is 34.9 Å². The number of anilines is 1. The topological polar surface area (TPSA) is 215 Å². The summed E-state index contributed by atoms with van der Waals surface area (Å²) < 4.78 is 1.25. The number of hydrogen-bond acceptors (Lipinski definition) is 13. The van der Waals surface area contributed by atoms with Gasteiger partial charge in [-0.1, -0.05) is 28.3 Å². The molecule has 2 atom stereocenters. The number of thioether (sulfide) groups is 2. The summed E-state index contributed by atoms with van der Waals surface area (Å²) in [7, 11) is 2.75. The van der Waals surface area contributed by atoms with Gasteiger partial charge in [-0.2, -0.15) is 4.98 Å². The van der Waals surface area contributed by atoms with Crippen LogP contribution in [-0.4, -0.2) is 83.3 Å². The van der Waals surface area contributed by atoms with Crippen molar-refractivity contribution >= 4 is 63.5 Å². The van der Waals surface area contributed by atoms with E-state index in [1.807, 2.05) is 0 Å². The van der Waals surface area contributed by atoms with E-state index in [1.165, 1.54) is 36.8 Å². The molecule has 0 saturated carbocycles. The second-order valence-electron chi connectivity index (χ2n) is 7.29. The lowest BCUT2D eigenvalue weighted by Crippen LogP contribution is -2.71. The zero-order chi connectivity index (χ0) is 26.1. The number of β-lactam (4-membered cyclic amide) rings is 1. The molecule has 5 N–H and O–H groups in total. The summed E-state index contributed by atoms with van der Waals surface area (Å²) in [6, 6.07) is -0.986. The van der Waals surface area contributed by atoms with E-state index >= 15 is 0 Å². The third-order valence-electron chi connectivity index (χ3n) is 5.01. The van der Waals surface area contributed by atoms with E-state index in [1.54, 1.807) is 0 Å². The first-order valence-corrected chi connectivity index (χ1v) is 12.8. The molecule has 190 valence electrons. The predicted octanol–water partition coefficient (Wildman–Crippen LogP) is -1.61. The fourth-order valence-corrected chi connectivity index (χ4v) is 6.50. The standard InChI is InChI=1S/C18H18N8O7S3/c1-25-18(22-12(28)13(29)23-25)35-5-6-4-34-15-9(14(30)26(15)10(6)16(31)32)21-11(27)8(24-33-2)7-3-20-17(19)36-7/h3,9,15H,4-5H2,1-2H3,(H2,19,20)(H,21,27)(H,23,29)(H,31,32)/b24-8-/t9-,15-/m1/s1. The van der Waals surface area contributed by atoms with Crippen LogP contribution in [0.3, 0.4) is 0 Å². The van der Waals surface area contributed by atoms with Gasteiger partial charge in [0.15, 0.2) is 16.0 Å². The molecule has 4 rings (SSSR count). The molecule has 0 bridgehead atoms. The number of carboxylic acids is 1. The number of fused-ring (bicyclic) bond motifs is 1. The van der Waals surface area contributed by atoms with Gasteiger partial charge in [0.2, 0.25) is 0 Å². The molecular weight excluding hydrogens is 536 g/mol. The van der Waals surface area contributed by atoms with Gasteiger partial charge >= 0.3 is 17.1 Å². The van der Waals surface area contributed by atoms with Gasteiger partial charge in [-0.15, -0.1) is 11.8 Å². The Morgan fingerprint density at radius 2 is 2.17 bits per heavy atom. The van der Waals surface area contributed by atoms with Crippen molar-refractivity contribution in [1.82, 2.24) is 30.0 Å². The minimum Gasteiger partial charge on any atom is -0.477 e. The molecule has 2 amide bonds. The van der Waals surface area contributed by atoms with E-state index in [-0.39, 0.29) is 33.2 Å². The zero-order valence-electron chi connectivity index (χ0n) is 18.6. The van der Waals surface area contributed by atoms with Crippen molar-refractivity contribution in [3.05, 3.63) is 43.1 Å². The van der Waals surface area contributed by atoms with Gasteiger partial charge in [0, 0.05) is 24.8 Å². The molecule has 1 saturated heterocycles. The highest BCUT2D eigenvalue weighted by Gasteiger charge is 2.54. The molecule has 2 aromatic rings. The Kier molecular flexibility index (Phi) is 7.18. The summed E-state index contributed by atoms with van der Waals surface area (Å²) in [6.07, 6.45) is 1.35. The molecule has 0 radical (unpaired) electrons. The monoisotopic (exact) mass is 554 g/mol. The lowest BCUT2D eigenvalue weighted by Gasteiger charge is -2.49. The number of aliphatic carboxylic acids is 1. The van der Waals surface area contributed by atoms with Crippen molar-refractivity contribution in [2.45, 2.75) is 16.6 Å². The van der Waals surface area contributed by atoms with E-state index in [9.17, 15) is 29.1 Å². The maximum absolute atomic E-state index is 12.9. The van der Waals surface area contributed by atoms with Crippen LogP contribution in [0.25, 0.3) is 0 Å². The van der Waals surface area contributed by atoms with Gasteiger partial charge in [0.05, 0.1) is 4.88 Å². The van der Waals surface area contributed by atoms with Gasteiger partial charge in [-0.3, -0.25) is 33.9 Å². The van der Waals surface area contributed by atoms with Crippen molar-refractivity contribution in [3.8, 4) is 0 Å². The number of aromatic nitrogens is 4. The Morgan fingerprint density at radius 1 is 1.42 bits per heavy atom. The average molecular weight is 555 g/mol. The minimum absolute atomic E-state index is 0.103. The van der Waals surface area contributed by atoms with Crippen molar-refractivity contribution in [2.75, 3.05) is 24.3 Å². The van der Waals surface area contributed by atoms with Crippen LogP contribution < -0.4 is 22.2 Å². The Labute approximate surface area is 213 Å². The molecule has 0 aromatic carbocycles. The number of hydrogen-bond donors (Lipinski definition) is 4.